The van der Waals surface area contributed by atoms with Gasteiger partial charge in [0, 0.05) is 24.2 Å². The van der Waals surface area contributed by atoms with Crippen LogP contribution in [-0.4, -0.2) is 56.3 Å². The van der Waals surface area contributed by atoms with Gasteiger partial charge >= 0.3 is 0 Å². The summed E-state index contributed by atoms with van der Waals surface area (Å²) in [4.78, 5) is 20.5. The maximum Gasteiger partial charge on any atom is 0.271 e. The van der Waals surface area contributed by atoms with Crippen LogP contribution in [0.2, 0.25) is 0 Å². The number of nitrogens with zero attached hydrogens (tertiary/aromatic N) is 3. The molecule has 1 aliphatic heterocycles. The van der Waals surface area contributed by atoms with E-state index < -0.39 is 12.0 Å². The summed E-state index contributed by atoms with van der Waals surface area (Å²) in [6, 6.07) is 19.7. The number of amides is 1. The van der Waals surface area contributed by atoms with E-state index in [0.717, 1.165) is 30.1 Å². The largest absolute Gasteiger partial charge is 0.493 e. The van der Waals surface area contributed by atoms with E-state index in [9.17, 15) is 10.1 Å². The lowest BCUT2D eigenvalue weighted by molar-refractivity contribution is -0.123. The number of nitrogens with one attached hydrogen (secondary N) is 1. The molecule has 1 unspecified atom stereocenters. The van der Waals surface area contributed by atoms with Crippen LogP contribution in [0.15, 0.2) is 60.7 Å². The number of aromatic nitrogens is 1. The van der Waals surface area contributed by atoms with Crippen molar-refractivity contribution in [2.45, 2.75) is 25.4 Å². The van der Waals surface area contributed by atoms with E-state index in [1.54, 1.807) is 56.7 Å². The molecule has 4 aromatic rings. The molecule has 9 nitrogen and oxygen atoms in total. The van der Waals surface area contributed by atoms with Crippen LogP contribution >= 0.6 is 11.3 Å². The number of methoxy groups -OCH3 is 2. The van der Waals surface area contributed by atoms with Gasteiger partial charge in [-0.1, -0.05) is 29.9 Å². The SMILES string of the molecule is COc1cc2nc(NC(=O)C(Oc3ccc(OCCN4CCCCC4)cc3)c3ccc(C#N)cc3)sc2cc1OC. The number of anilines is 1. The highest BCUT2D eigenvalue weighted by Gasteiger charge is 2.25. The predicted molar refractivity (Wildman–Crippen MR) is 158 cm³/mol. The molecule has 0 bridgehead atoms. The number of piperidine rings is 1. The van der Waals surface area contributed by atoms with Crippen LogP contribution in [-0.2, 0) is 4.79 Å². The summed E-state index contributed by atoms with van der Waals surface area (Å²) in [6.07, 6.45) is 2.83. The van der Waals surface area contributed by atoms with E-state index in [0.29, 0.717) is 45.6 Å². The third-order valence-corrected chi connectivity index (χ3v) is 7.84. The number of hydrogen-bond acceptors (Lipinski definition) is 9. The molecular weight excluding hydrogens is 540 g/mol. The van der Waals surface area contributed by atoms with E-state index in [1.807, 2.05) is 18.2 Å². The van der Waals surface area contributed by atoms with Gasteiger partial charge in [-0.3, -0.25) is 15.0 Å². The Labute approximate surface area is 243 Å². The predicted octanol–water partition coefficient (Wildman–Crippen LogP) is 5.81. The van der Waals surface area contributed by atoms with Gasteiger partial charge in [0.1, 0.15) is 18.1 Å². The first kappa shape index (κ1) is 28.2. The molecule has 5 rings (SSSR count). The van der Waals surface area contributed by atoms with Crippen LogP contribution < -0.4 is 24.3 Å². The molecular formula is C31H32N4O5S. The molecule has 0 spiro atoms. The zero-order valence-electron chi connectivity index (χ0n) is 23.1. The molecule has 212 valence electrons. The van der Waals surface area contributed by atoms with Crippen molar-refractivity contribution in [2.24, 2.45) is 0 Å². The van der Waals surface area contributed by atoms with Gasteiger partial charge in [-0.15, -0.1) is 0 Å². The Morgan fingerprint density at radius 2 is 1.68 bits per heavy atom. The number of rotatable bonds is 11. The Bertz CT molecular complexity index is 1470. The highest BCUT2D eigenvalue weighted by atomic mass is 32.1. The van der Waals surface area contributed by atoms with Crippen LogP contribution in [0.1, 0.15) is 36.5 Å². The van der Waals surface area contributed by atoms with Gasteiger partial charge in [-0.05, 0) is 62.3 Å². The van der Waals surface area contributed by atoms with Crippen molar-refractivity contribution in [3.05, 3.63) is 71.8 Å². The second-order valence-electron chi connectivity index (χ2n) is 9.64. The van der Waals surface area contributed by atoms with Crippen molar-refractivity contribution in [2.75, 3.05) is 45.8 Å². The average Bonchev–Trinajstić information content (AvgIpc) is 3.41. The maximum absolute atomic E-state index is 13.5. The number of hydrogen-bond donors (Lipinski definition) is 1. The molecule has 10 heteroatoms. The van der Waals surface area contributed by atoms with Crippen molar-refractivity contribution >= 4 is 32.6 Å². The average molecular weight is 573 g/mol. The molecule has 1 aromatic heterocycles. The Kier molecular flexibility index (Phi) is 9.19. The minimum atomic E-state index is -0.982. The van der Waals surface area contributed by atoms with Crippen molar-refractivity contribution in [1.82, 2.24) is 9.88 Å². The van der Waals surface area contributed by atoms with Gasteiger partial charge in [0.2, 0.25) is 6.10 Å². The maximum atomic E-state index is 13.5. The number of benzene rings is 3. The van der Waals surface area contributed by atoms with Crippen LogP contribution in [0.4, 0.5) is 5.13 Å². The second kappa shape index (κ2) is 13.4. The smallest absolute Gasteiger partial charge is 0.271 e. The number of fused-ring (bicyclic) bond motifs is 1. The number of thiazole rings is 1. The molecule has 3 aromatic carbocycles. The summed E-state index contributed by atoms with van der Waals surface area (Å²) >= 11 is 1.32. The lowest BCUT2D eigenvalue weighted by Gasteiger charge is -2.26. The topological polar surface area (TPSA) is 106 Å². The zero-order valence-corrected chi connectivity index (χ0v) is 23.9. The van der Waals surface area contributed by atoms with Gasteiger partial charge < -0.3 is 18.9 Å². The fourth-order valence-corrected chi connectivity index (χ4v) is 5.59. The third kappa shape index (κ3) is 7.06. The standard InChI is InChI=1S/C31H32N4O5S/c1-37-26-18-25-28(19-27(26)38-2)41-31(33-25)34-30(36)29(22-8-6-21(20-32)7-9-22)40-24-12-10-23(11-13-24)39-17-16-35-14-4-3-5-15-35/h6-13,18-19,29H,3-5,14-17H2,1-2H3,(H,33,34,36). The molecule has 0 saturated carbocycles. The lowest BCUT2D eigenvalue weighted by Crippen LogP contribution is -2.33. The first-order valence-corrected chi connectivity index (χ1v) is 14.3. The van der Waals surface area contributed by atoms with E-state index in [-0.39, 0.29) is 0 Å². The second-order valence-corrected chi connectivity index (χ2v) is 10.7. The molecule has 0 aliphatic carbocycles. The molecule has 1 saturated heterocycles. The molecule has 2 heterocycles. The van der Waals surface area contributed by atoms with Crippen LogP contribution in [0, 0.1) is 11.3 Å². The van der Waals surface area contributed by atoms with Gasteiger partial charge in [0.05, 0.1) is 36.1 Å². The summed E-state index contributed by atoms with van der Waals surface area (Å²) in [5.74, 6) is 2.00. The van der Waals surface area contributed by atoms with Crippen LogP contribution in [0.5, 0.6) is 23.0 Å². The summed E-state index contributed by atoms with van der Waals surface area (Å²) < 4.78 is 23.7. The highest BCUT2D eigenvalue weighted by Crippen LogP contribution is 2.36. The summed E-state index contributed by atoms with van der Waals surface area (Å²) in [5, 5.41) is 12.5. The van der Waals surface area contributed by atoms with Crippen molar-refractivity contribution in [1.29, 1.82) is 5.26 Å². The molecule has 41 heavy (non-hydrogen) atoms. The Balaban J connectivity index is 1.30. The van der Waals surface area contributed by atoms with Gasteiger partial charge in [0.15, 0.2) is 16.6 Å². The Morgan fingerprint density at radius 1 is 1.00 bits per heavy atom. The van der Waals surface area contributed by atoms with Crippen LogP contribution in [0.25, 0.3) is 10.2 Å². The van der Waals surface area contributed by atoms with E-state index in [4.69, 9.17) is 18.9 Å². The van der Waals surface area contributed by atoms with E-state index in [2.05, 4.69) is 21.3 Å². The van der Waals surface area contributed by atoms with Crippen molar-refractivity contribution in [3.8, 4) is 29.1 Å². The van der Waals surface area contributed by atoms with Gasteiger partial charge in [0.25, 0.3) is 5.91 Å². The minimum Gasteiger partial charge on any atom is -0.493 e. The lowest BCUT2D eigenvalue weighted by atomic mass is 10.1. The van der Waals surface area contributed by atoms with Crippen LogP contribution in [0.3, 0.4) is 0 Å². The molecule has 1 atom stereocenters. The van der Waals surface area contributed by atoms with Gasteiger partial charge in [-0.2, -0.15) is 5.26 Å². The first-order chi connectivity index (χ1) is 20.1. The minimum absolute atomic E-state index is 0.394. The molecule has 1 aliphatic rings. The highest BCUT2D eigenvalue weighted by molar-refractivity contribution is 7.22. The number of carbonyl (C=O) groups is 1. The van der Waals surface area contributed by atoms with Crippen molar-refractivity contribution < 1.29 is 23.7 Å². The molecule has 0 radical (unpaired) electrons. The zero-order chi connectivity index (χ0) is 28.6. The third-order valence-electron chi connectivity index (χ3n) is 6.91. The van der Waals surface area contributed by atoms with E-state index >= 15 is 0 Å². The Morgan fingerprint density at radius 3 is 2.37 bits per heavy atom. The normalized spacial score (nSPS) is 14.2. The summed E-state index contributed by atoms with van der Waals surface area (Å²) in [5.41, 5.74) is 1.77. The fourth-order valence-electron chi connectivity index (χ4n) is 4.71. The quantitative estimate of drug-likeness (QED) is 0.240. The number of nitriles is 1. The summed E-state index contributed by atoms with van der Waals surface area (Å²) in [7, 11) is 3.13. The van der Waals surface area contributed by atoms with E-state index in [1.165, 1.54) is 30.6 Å². The number of likely N-dealkylation sites (tertiary alicyclic amines) is 1. The number of ether oxygens (including phenoxy) is 4. The monoisotopic (exact) mass is 572 g/mol. The summed E-state index contributed by atoms with van der Waals surface area (Å²) in [6.45, 7) is 3.80. The molecule has 1 N–H and O–H groups in total. The first-order valence-electron chi connectivity index (χ1n) is 13.5. The van der Waals surface area contributed by atoms with Gasteiger partial charge in [-0.25, -0.2) is 4.98 Å². The van der Waals surface area contributed by atoms with Crippen molar-refractivity contribution in [3.63, 3.8) is 0 Å². The number of carbonyl (C=O) groups excluding carboxylic acids is 1. The molecule has 1 fully saturated rings. The fraction of sp³-hybridized carbons (Fsp3) is 0.323. The molecule has 1 amide bonds. The Hall–Kier alpha value is -4.33.